The summed E-state index contributed by atoms with van der Waals surface area (Å²) in [5.41, 5.74) is 3.37. The highest BCUT2D eigenvalue weighted by atomic mass is 35.5. The van der Waals surface area contributed by atoms with Crippen LogP contribution in [0.15, 0.2) is 24.4 Å². The van der Waals surface area contributed by atoms with E-state index in [1.165, 1.54) is 6.42 Å². The highest BCUT2D eigenvalue weighted by Gasteiger charge is 2.36. The topological polar surface area (TPSA) is 70.3 Å². The molecule has 4 heterocycles. The summed E-state index contributed by atoms with van der Waals surface area (Å²) in [4.78, 5) is 14.7. The fraction of sp³-hybridized carbons (Fsp3) is 0.560. The van der Waals surface area contributed by atoms with Gasteiger partial charge in [-0.2, -0.15) is 5.10 Å². The van der Waals surface area contributed by atoms with Gasteiger partial charge in [0.1, 0.15) is 11.3 Å². The summed E-state index contributed by atoms with van der Waals surface area (Å²) in [5.74, 6) is 1.37. The van der Waals surface area contributed by atoms with Crippen LogP contribution in [0.25, 0.3) is 11.2 Å². The summed E-state index contributed by atoms with van der Waals surface area (Å²) in [6.07, 6.45) is 5.22. The lowest BCUT2D eigenvalue weighted by Crippen LogP contribution is -2.52. The van der Waals surface area contributed by atoms with E-state index in [1.807, 2.05) is 29.9 Å². The third kappa shape index (κ3) is 4.28. The van der Waals surface area contributed by atoms with Gasteiger partial charge >= 0.3 is 0 Å². The molecule has 7 nitrogen and oxygen atoms in total. The van der Waals surface area contributed by atoms with Crippen LogP contribution in [0.3, 0.4) is 0 Å². The van der Waals surface area contributed by atoms with Crippen molar-refractivity contribution < 1.29 is 5.11 Å². The Bertz CT molecular complexity index is 1180. The third-order valence-electron chi connectivity index (χ3n) is 7.58. The van der Waals surface area contributed by atoms with E-state index in [-0.39, 0.29) is 12.6 Å². The second-order valence-corrected chi connectivity index (χ2v) is 10.6. The first kappa shape index (κ1) is 23.8. The zero-order valence-corrected chi connectivity index (χ0v) is 21.5. The predicted molar refractivity (Wildman–Crippen MR) is 137 cm³/mol. The number of likely N-dealkylation sites (tertiary alicyclic amines) is 1. The van der Waals surface area contributed by atoms with Crippen molar-refractivity contribution in [1.29, 1.82) is 0 Å². The van der Waals surface area contributed by atoms with Gasteiger partial charge in [0.2, 0.25) is 0 Å². The lowest BCUT2D eigenvalue weighted by atomic mass is 9.92. The first-order chi connectivity index (χ1) is 16.4. The fourth-order valence-corrected chi connectivity index (χ4v) is 6.33. The Morgan fingerprint density at radius 2 is 2.03 bits per heavy atom. The minimum atomic E-state index is -0.110. The molecule has 0 radical (unpaired) electrons. The maximum absolute atomic E-state index is 9.78. The summed E-state index contributed by atoms with van der Waals surface area (Å²) in [6, 6.07) is 6.27. The summed E-state index contributed by atoms with van der Waals surface area (Å²) in [6.45, 7) is 9.54. The Labute approximate surface area is 210 Å². The van der Waals surface area contributed by atoms with E-state index in [9.17, 15) is 5.11 Å². The minimum Gasteiger partial charge on any atom is -0.395 e. The number of hydrogen-bond donors (Lipinski definition) is 1. The van der Waals surface area contributed by atoms with Gasteiger partial charge in [-0.25, -0.2) is 14.6 Å². The number of fused-ring (bicyclic) bond motifs is 1. The van der Waals surface area contributed by atoms with Crippen molar-refractivity contribution in [2.45, 2.75) is 58.2 Å². The van der Waals surface area contributed by atoms with E-state index in [4.69, 9.17) is 38.3 Å². The van der Waals surface area contributed by atoms with Crippen LogP contribution in [0.5, 0.6) is 0 Å². The van der Waals surface area contributed by atoms with Gasteiger partial charge in [-0.1, -0.05) is 36.2 Å². The number of benzene rings is 1. The van der Waals surface area contributed by atoms with Gasteiger partial charge in [0.05, 0.1) is 24.5 Å². The quantitative estimate of drug-likeness (QED) is 0.544. The smallest absolute Gasteiger partial charge is 0.179 e. The number of hydrogen-bond acceptors (Lipinski definition) is 6. The lowest BCUT2D eigenvalue weighted by molar-refractivity contribution is 0.0800. The van der Waals surface area contributed by atoms with E-state index in [0.29, 0.717) is 28.0 Å². The molecule has 2 aromatic heterocycles. The molecule has 182 valence electrons. The van der Waals surface area contributed by atoms with Gasteiger partial charge < -0.3 is 10.0 Å². The van der Waals surface area contributed by atoms with Gasteiger partial charge in [-0.15, -0.1) is 0 Å². The highest BCUT2D eigenvalue weighted by Crippen LogP contribution is 2.33. The molecule has 2 aliphatic rings. The lowest BCUT2D eigenvalue weighted by Gasteiger charge is -2.43. The van der Waals surface area contributed by atoms with Crippen LogP contribution in [0.1, 0.15) is 50.4 Å². The molecule has 0 bridgehead atoms. The Kier molecular flexibility index (Phi) is 6.73. The zero-order chi connectivity index (χ0) is 24.0. The van der Waals surface area contributed by atoms with Gasteiger partial charge in [0.15, 0.2) is 5.65 Å². The van der Waals surface area contributed by atoms with Gasteiger partial charge in [0, 0.05) is 35.2 Å². The molecule has 4 atom stereocenters. The standard InChI is InChI=1S/C25H32Cl2N6O/c1-15-13-31(10-8-22(15)32-9-4-5-19(32)14-34)23-12-28-24-16(2)30-33(25(24)29-23)17(3)20-7-6-18(26)11-21(20)27/h6-7,11-12,15,17,19,22,34H,4-5,8-10,13-14H2,1-3H3/t15-,17?,19?,22+/m1/s1. The Morgan fingerprint density at radius 3 is 2.76 bits per heavy atom. The van der Waals surface area contributed by atoms with E-state index >= 15 is 0 Å². The molecule has 2 saturated heterocycles. The van der Waals surface area contributed by atoms with Crippen molar-refractivity contribution in [3.05, 3.63) is 45.7 Å². The molecule has 2 fully saturated rings. The SMILES string of the molecule is Cc1nn(C(C)c2ccc(Cl)cc2Cl)c2nc(N3CC[C@H](N4CCCC4CO)[C@H](C)C3)cnc12. The molecule has 0 aliphatic carbocycles. The first-order valence-corrected chi connectivity index (χ1v) is 12.9. The largest absolute Gasteiger partial charge is 0.395 e. The van der Waals surface area contributed by atoms with Crippen molar-refractivity contribution in [3.8, 4) is 0 Å². The maximum atomic E-state index is 9.78. The maximum Gasteiger partial charge on any atom is 0.179 e. The van der Waals surface area contributed by atoms with Crippen LogP contribution in [0.2, 0.25) is 10.0 Å². The third-order valence-corrected chi connectivity index (χ3v) is 8.14. The molecule has 0 amide bonds. The number of anilines is 1. The van der Waals surface area contributed by atoms with Crippen LogP contribution in [0, 0.1) is 12.8 Å². The van der Waals surface area contributed by atoms with Crippen LogP contribution >= 0.6 is 23.2 Å². The monoisotopic (exact) mass is 502 g/mol. The van der Waals surface area contributed by atoms with Crippen LogP contribution in [-0.4, -0.2) is 68.1 Å². The molecule has 0 spiro atoms. The number of rotatable bonds is 5. The fourth-order valence-electron chi connectivity index (χ4n) is 5.76. The Balaban J connectivity index is 1.41. The number of aryl methyl sites for hydroxylation is 1. The number of aliphatic hydroxyl groups excluding tert-OH is 1. The second kappa shape index (κ2) is 9.61. The summed E-state index contributed by atoms with van der Waals surface area (Å²) >= 11 is 12.6. The molecule has 1 aromatic carbocycles. The summed E-state index contributed by atoms with van der Waals surface area (Å²) < 4.78 is 1.92. The van der Waals surface area contributed by atoms with Crippen LogP contribution in [-0.2, 0) is 0 Å². The van der Waals surface area contributed by atoms with Gasteiger partial charge in [-0.3, -0.25) is 4.90 Å². The second-order valence-electron chi connectivity index (χ2n) is 9.77. The highest BCUT2D eigenvalue weighted by molar-refractivity contribution is 6.35. The van der Waals surface area contributed by atoms with Crippen molar-refractivity contribution in [2.75, 3.05) is 31.1 Å². The minimum absolute atomic E-state index is 0.110. The normalized spacial score (nSPS) is 24.8. The van der Waals surface area contributed by atoms with Crippen molar-refractivity contribution >= 4 is 40.2 Å². The Morgan fingerprint density at radius 1 is 1.21 bits per heavy atom. The van der Waals surface area contributed by atoms with Crippen molar-refractivity contribution in [3.63, 3.8) is 0 Å². The number of nitrogens with zero attached hydrogens (tertiary/aromatic N) is 6. The van der Waals surface area contributed by atoms with Crippen molar-refractivity contribution in [1.82, 2.24) is 24.6 Å². The molecule has 1 N–H and O–H groups in total. The number of aromatic nitrogens is 4. The summed E-state index contributed by atoms with van der Waals surface area (Å²) in [7, 11) is 0. The van der Waals surface area contributed by atoms with Crippen LogP contribution < -0.4 is 4.90 Å². The molecule has 5 rings (SSSR count). The first-order valence-electron chi connectivity index (χ1n) is 12.2. The van der Waals surface area contributed by atoms with Crippen molar-refractivity contribution in [2.24, 2.45) is 5.92 Å². The van der Waals surface area contributed by atoms with Crippen LogP contribution in [0.4, 0.5) is 5.82 Å². The molecular weight excluding hydrogens is 471 g/mol. The summed E-state index contributed by atoms with van der Waals surface area (Å²) in [5, 5.41) is 15.8. The molecule has 3 aromatic rings. The molecule has 2 aliphatic heterocycles. The average Bonchev–Trinajstić information content (AvgIpc) is 3.42. The number of halogens is 2. The Hall–Kier alpha value is -1.93. The number of aliphatic hydroxyl groups is 1. The van der Waals surface area contributed by atoms with E-state index in [1.54, 1.807) is 6.07 Å². The van der Waals surface area contributed by atoms with E-state index in [0.717, 1.165) is 60.7 Å². The van der Waals surface area contributed by atoms with Gasteiger partial charge in [-0.05, 0) is 63.3 Å². The average molecular weight is 503 g/mol. The van der Waals surface area contributed by atoms with E-state index < -0.39 is 0 Å². The zero-order valence-electron chi connectivity index (χ0n) is 20.0. The van der Waals surface area contributed by atoms with E-state index in [2.05, 4.69) is 23.6 Å². The molecule has 2 unspecified atom stereocenters. The number of piperidine rings is 1. The molecular formula is C25H32Cl2N6O. The molecule has 34 heavy (non-hydrogen) atoms. The molecule has 9 heteroatoms. The van der Waals surface area contributed by atoms with Gasteiger partial charge in [0.25, 0.3) is 0 Å². The predicted octanol–water partition coefficient (Wildman–Crippen LogP) is 4.72. The molecule has 0 saturated carbocycles.